The average molecular weight is 327 g/mol. The lowest BCUT2D eigenvalue weighted by Gasteiger charge is -2.38. The standard InChI is InChI=1S/C18H17NO5/c1-19-16(10-7-8-14(24-2)13(20)9-10)15(18(22)23)11-5-3-4-6-12(11)17(19)21/h3-9,15-16,20H,1-2H3,(H,22,23)/t15-,16-/m0/s1. The summed E-state index contributed by atoms with van der Waals surface area (Å²) >= 11 is 0. The summed E-state index contributed by atoms with van der Waals surface area (Å²) in [4.78, 5) is 26.0. The molecule has 0 unspecified atom stereocenters. The third kappa shape index (κ3) is 2.36. The number of fused-ring (bicyclic) bond motifs is 1. The van der Waals surface area contributed by atoms with Crippen LogP contribution in [0, 0.1) is 0 Å². The van der Waals surface area contributed by atoms with E-state index in [-0.39, 0.29) is 17.4 Å². The first-order valence-electron chi connectivity index (χ1n) is 7.41. The maximum Gasteiger partial charge on any atom is 0.313 e. The number of phenols is 1. The van der Waals surface area contributed by atoms with E-state index in [2.05, 4.69) is 0 Å². The highest BCUT2D eigenvalue weighted by Gasteiger charge is 2.42. The van der Waals surface area contributed by atoms with Gasteiger partial charge in [-0.05, 0) is 29.3 Å². The highest BCUT2D eigenvalue weighted by Crippen LogP contribution is 2.43. The summed E-state index contributed by atoms with van der Waals surface area (Å²) in [7, 11) is 3.00. The number of aromatic hydroxyl groups is 1. The summed E-state index contributed by atoms with van der Waals surface area (Å²) in [5.41, 5.74) is 1.40. The van der Waals surface area contributed by atoms with Crippen molar-refractivity contribution >= 4 is 11.9 Å². The number of nitrogens with zero attached hydrogens (tertiary/aromatic N) is 1. The van der Waals surface area contributed by atoms with Gasteiger partial charge in [-0.25, -0.2) is 0 Å². The van der Waals surface area contributed by atoms with Gasteiger partial charge in [0.05, 0.1) is 13.2 Å². The number of carboxylic acids is 1. The van der Waals surface area contributed by atoms with Crippen LogP contribution in [0.15, 0.2) is 42.5 Å². The molecule has 2 aromatic carbocycles. The van der Waals surface area contributed by atoms with E-state index >= 15 is 0 Å². The Hall–Kier alpha value is -3.02. The number of aliphatic carboxylic acids is 1. The molecule has 0 saturated heterocycles. The van der Waals surface area contributed by atoms with Gasteiger partial charge in [-0.3, -0.25) is 9.59 Å². The quantitative estimate of drug-likeness (QED) is 0.904. The van der Waals surface area contributed by atoms with Gasteiger partial charge in [0, 0.05) is 12.6 Å². The monoisotopic (exact) mass is 327 g/mol. The van der Waals surface area contributed by atoms with Crippen LogP contribution >= 0.6 is 0 Å². The van der Waals surface area contributed by atoms with Crippen LogP contribution in [0.25, 0.3) is 0 Å². The maximum absolute atomic E-state index is 12.6. The fraction of sp³-hybridized carbons (Fsp3) is 0.222. The average Bonchev–Trinajstić information content (AvgIpc) is 2.57. The van der Waals surface area contributed by atoms with Crippen molar-refractivity contribution in [2.45, 2.75) is 12.0 Å². The van der Waals surface area contributed by atoms with Gasteiger partial charge in [0.25, 0.3) is 5.91 Å². The largest absolute Gasteiger partial charge is 0.504 e. The van der Waals surface area contributed by atoms with Crippen LogP contribution in [0.4, 0.5) is 0 Å². The first-order chi connectivity index (χ1) is 11.5. The molecule has 0 spiro atoms. The summed E-state index contributed by atoms with van der Waals surface area (Å²) < 4.78 is 5.02. The van der Waals surface area contributed by atoms with E-state index in [1.165, 1.54) is 18.1 Å². The lowest BCUT2D eigenvalue weighted by atomic mass is 9.80. The molecule has 6 heteroatoms. The molecule has 3 rings (SSSR count). The molecule has 0 aromatic heterocycles. The van der Waals surface area contributed by atoms with E-state index in [1.807, 2.05) is 0 Å². The second kappa shape index (κ2) is 5.88. The zero-order chi connectivity index (χ0) is 17.4. The highest BCUT2D eigenvalue weighted by atomic mass is 16.5. The maximum atomic E-state index is 12.6. The van der Waals surface area contributed by atoms with Crippen LogP contribution < -0.4 is 4.74 Å². The number of carbonyl (C=O) groups excluding carboxylic acids is 1. The van der Waals surface area contributed by atoms with Crippen LogP contribution in [-0.4, -0.2) is 41.1 Å². The van der Waals surface area contributed by atoms with Gasteiger partial charge in [-0.2, -0.15) is 0 Å². The zero-order valence-electron chi connectivity index (χ0n) is 13.3. The molecule has 0 fully saturated rings. The van der Waals surface area contributed by atoms with Crippen LogP contribution in [0.1, 0.15) is 33.4 Å². The Kier molecular flexibility index (Phi) is 3.89. The zero-order valence-corrected chi connectivity index (χ0v) is 13.3. The second-order valence-corrected chi connectivity index (χ2v) is 5.70. The number of ether oxygens (including phenoxy) is 1. The van der Waals surface area contributed by atoms with E-state index < -0.39 is 17.9 Å². The lowest BCUT2D eigenvalue weighted by Crippen LogP contribution is -2.42. The van der Waals surface area contributed by atoms with E-state index in [0.717, 1.165) is 0 Å². The number of carboxylic acid groups (broad SMARTS) is 1. The van der Waals surface area contributed by atoms with Crippen LogP contribution in [0.3, 0.4) is 0 Å². The summed E-state index contributed by atoms with van der Waals surface area (Å²) in [5.74, 6) is -2.00. The first kappa shape index (κ1) is 15.9. The predicted molar refractivity (Wildman–Crippen MR) is 86.3 cm³/mol. The molecule has 0 radical (unpaired) electrons. The van der Waals surface area contributed by atoms with E-state index in [0.29, 0.717) is 16.7 Å². The number of phenolic OH excluding ortho intramolecular Hbond substituents is 1. The number of likely N-dealkylation sites (N-methyl/N-ethyl adjacent to an activating group) is 1. The van der Waals surface area contributed by atoms with Gasteiger partial charge in [-0.1, -0.05) is 24.3 Å². The van der Waals surface area contributed by atoms with Gasteiger partial charge in [0.2, 0.25) is 0 Å². The number of hydrogen-bond acceptors (Lipinski definition) is 4. The lowest BCUT2D eigenvalue weighted by molar-refractivity contribution is -0.140. The van der Waals surface area contributed by atoms with Crippen molar-refractivity contribution in [1.82, 2.24) is 4.90 Å². The number of benzene rings is 2. The Morgan fingerprint density at radius 2 is 1.92 bits per heavy atom. The summed E-state index contributed by atoms with van der Waals surface area (Å²) in [6.07, 6.45) is 0. The van der Waals surface area contributed by atoms with Crippen molar-refractivity contribution in [1.29, 1.82) is 0 Å². The Morgan fingerprint density at radius 3 is 2.54 bits per heavy atom. The van der Waals surface area contributed by atoms with Gasteiger partial charge in [-0.15, -0.1) is 0 Å². The Labute approximate surface area is 138 Å². The molecule has 0 bridgehead atoms. The van der Waals surface area contributed by atoms with Gasteiger partial charge >= 0.3 is 5.97 Å². The minimum atomic E-state index is -1.03. The number of methoxy groups -OCH3 is 1. The third-order valence-corrected chi connectivity index (χ3v) is 4.39. The van der Waals surface area contributed by atoms with Crippen molar-refractivity contribution in [2.75, 3.05) is 14.2 Å². The molecule has 1 heterocycles. The van der Waals surface area contributed by atoms with E-state index in [1.54, 1.807) is 43.4 Å². The molecule has 24 heavy (non-hydrogen) atoms. The van der Waals surface area contributed by atoms with E-state index in [4.69, 9.17) is 4.74 Å². The van der Waals surface area contributed by atoms with Gasteiger partial charge in [0.1, 0.15) is 5.92 Å². The summed E-state index contributed by atoms with van der Waals surface area (Å²) in [5, 5.41) is 19.8. The molecule has 0 saturated carbocycles. The van der Waals surface area contributed by atoms with Crippen molar-refractivity contribution in [3.05, 3.63) is 59.2 Å². The number of rotatable bonds is 3. The Balaban J connectivity index is 2.17. The van der Waals surface area contributed by atoms with Gasteiger partial charge < -0.3 is 19.8 Å². The number of carbonyl (C=O) groups is 2. The Bertz CT molecular complexity index is 817. The molecular formula is C18H17NO5. The van der Waals surface area contributed by atoms with Gasteiger partial charge in [0.15, 0.2) is 11.5 Å². The fourth-order valence-electron chi connectivity index (χ4n) is 3.25. The summed E-state index contributed by atoms with van der Waals surface area (Å²) in [6, 6.07) is 10.7. The Morgan fingerprint density at radius 1 is 1.21 bits per heavy atom. The highest BCUT2D eigenvalue weighted by molar-refractivity contribution is 6.00. The number of hydrogen-bond donors (Lipinski definition) is 2. The SMILES string of the molecule is COc1ccc([C@H]2[C@@H](C(=O)O)c3ccccc3C(=O)N2C)cc1O. The molecule has 6 nitrogen and oxygen atoms in total. The summed E-state index contributed by atoms with van der Waals surface area (Å²) in [6.45, 7) is 0. The topological polar surface area (TPSA) is 87.1 Å². The molecule has 1 amide bonds. The molecule has 0 aliphatic carbocycles. The molecule has 2 aromatic rings. The minimum absolute atomic E-state index is 0.0983. The molecular weight excluding hydrogens is 310 g/mol. The molecule has 2 N–H and O–H groups in total. The molecule has 1 aliphatic heterocycles. The smallest absolute Gasteiger partial charge is 0.313 e. The fourth-order valence-corrected chi connectivity index (χ4v) is 3.25. The minimum Gasteiger partial charge on any atom is -0.504 e. The van der Waals surface area contributed by atoms with E-state index in [9.17, 15) is 19.8 Å². The first-order valence-corrected chi connectivity index (χ1v) is 7.41. The molecule has 1 aliphatic rings. The normalized spacial score (nSPS) is 19.8. The molecule has 2 atom stereocenters. The third-order valence-electron chi connectivity index (χ3n) is 4.39. The van der Waals surface area contributed by atoms with Crippen molar-refractivity contribution in [2.24, 2.45) is 0 Å². The van der Waals surface area contributed by atoms with Crippen LogP contribution in [-0.2, 0) is 4.79 Å². The van der Waals surface area contributed by atoms with Crippen LogP contribution in [0.5, 0.6) is 11.5 Å². The van der Waals surface area contributed by atoms with Crippen molar-refractivity contribution in [3.8, 4) is 11.5 Å². The van der Waals surface area contributed by atoms with Crippen molar-refractivity contribution < 1.29 is 24.5 Å². The second-order valence-electron chi connectivity index (χ2n) is 5.70. The molecule has 124 valence electrons. The number of amides is 1. The van der Waals surface area contributed by atoms with Crippen LogP contribution in [0.2, 0.25) is 0 Å². The van der Waals surface area contributed by atoms with Crippen molar-refractivity contribution in [3.63, 3.8) is 0 Å². The predicted octanol–water partition coefficient (Wildman–Crippen LogP) is 2.40.